The molecule has 1 aromatic heterocycles. The lowest BCUT2D eigenvalue weighted by Crippen LogP contribution is -1.79. The second-order valence-corrected chi connectivity index (χ2v) is 3.26. The average Bonchev–Trinajstić information content (AvgIpc) is 2.34. The lowest BCUT2D eigenvalue weighted by atomic mass is 10.2. The first kappa shape index (κ1) is 7.41. The molecule has 0 fully saturated rings. The second-order valence-electron chi connectivity index (χ2n) is 2.43. The van der Waals surface area contributed by atoms with Gasteiger partial charge in [0.2, 0.25) is 0 Å². The fourth-order valence-corrected chi connectivity index (χ4v) is 1.32. The van der Waals surface area contributed by atoms with Crippen LogP contribution in [0.25, 0.3) is 0 Å². The van der Waals surface area contributed by atoms with Gasteiger partial charge in [-0.3, -0.25) is 4.79 Å². The molecule has 0 atom stereocenters. The molecule has 0 N–H and O–H groups in total. The van der Waals surface area contributed by atoms with Gasteiger partial charge >= 0.3 is 0 Å². The number of aromatic nitrogens is 1. The van der Waals surface area contributed by atoms with Crippen molar-refractivity contribution in [2.24, 2.45) is 0 Å². The van der Waals surface area contributed by atoms with Gasteiger partial charge in [-0.2, -0.15) is 4.37 Å². The quantitative estimate of drug-likeness (QED) is 0.612. The van der Waals surface area contributed by atoms with Crippen LogP contribution >= 0.6 is 11.5 Å². The first-order chi connectivity index (χ1) is 4.74. The Hall–Kier alpha value is -0.700. The average molecular weight is 155 g/mol. The molecule has 0 aliphatic heterocycles. The van der Waals surface area contributed by atoms with E-state index in [4.69, 9.17) is 0 Å². The van der Waals surface area contributed by atoms with Crippen molar-refractivity contribution in [3.63, 3.8) is 0 Å². The van der Waals surface area contributed by atoms with Crippen LogP contribution < -0.4 is 0 Å². The molecule has 1 rings (SSSR count). The van der Waals surface area contributed by atoms with Gasteiger partial charge < -0.3 is 0 Å². The fraction of sp³-hybridized carbons (Fsp3) is 0.429. The predicted octanol–water partition coefficient (Wildman–Crippen LogP) is 2.08. The van der Waals surface area contributed by atoms with Crippen molar-refractivity contribution in [1.82, 2.24) is 4.37 Å². The number of aldehydes is 1. The van der Waals surface area contributed by atoms with Gasteiger partial charge in [0.15, 0.2) is 6.29 Å². The van der Waals surface area contributed by atoms with Crippen molar-refractivity contribution in [3.8, 4) is 0 Å². The summed E-state index contributed by atoms with van der Waals surface area (Å²) in [7, 11) is 0. The van der Waals surface area contributed by atoms with Gasteiger partial charge in [-0.1, -0.05) is 13.8 Å². The summed E-state index contributed by atoms with van der Waals surface area (Å²) in [6, 6.07) is 1.84. The van der Waals surface area contributed by atoms with Crippen molar-refractivity contribution in [1.29, 1.82) is 0 Å². The van der Waals surface area contributed by atoms with Gasteiger partial charge in [0.05, 0.1) is 0 Å². The van der Waals surface area contributed by atoms with Gasteiger partial charge in [0, 0.05) is 4.88 Å². The third kappa shape index (κ3) is 1.42. The molecule has 0 aromatic carbocycles. The summed E-state index contributed by atoms with van der Waals surface area (Å²) in [6.07, 6.45) is 0.780. The zero-order chi connectivity index (χ0) is 7.56. The summed E-state index contributed by atoms with van der Waals surface area (Å²) in [5, 5.41) is 0. The highest BCUT2D eigenvalue weighted by Crippen LogP contribution is 2.18. The molecule has 10 heavy (non-hydrogen) atoms. The highest BCUT2D eigenvalue weighted by atomic mass is 32.1. The number of carbonyl (C=O) groups excluding carboxylic acids is 1. The number of hydrogen-bond acceptors (Lipinski definition) is 3. The van der Waals surface area contributed by atoms with E-state index in [-0.39, 0.29) is 0 Å². The molecule has 0 spiro atoms. The van der Waals surface area contributed by atoms with Crippen LogP contribution in [0, 0.1) is 0 Å². The Labute approximate surface area is 64.1 Å². The highest BCUT2D eigenvalue weighted by molar-refractivity contribution is 7.06. The van der Waals surface area contributed by atoms with Crippen LogP contribution in [0.1, 0.15) is 35.1 Å². The molecule has 3 heteroatoms. The smallest absolute Gasteiger partial charge is 0.169 e. The van der Waals surface area contributed by atoms with E-state index >= 15 is 0 Å². The maximum atomic E-state index is 10.2. The summed E-state index contributed by atoms with van der Waals surface area (Å²) in [5.74, 6) is 0.478. The molecule has 0 saturated carbocycles. The first-order valence-corrected chi connectivity index (χ1v) is 3.93. The van der Waals surface area contributed by atoms with Crippen LogP contribution in [0.15, 0.2) is 6.07 Å². The number of rotatable bonds is 2. The van der Waals surface area contributed by atoms with Crippen molar-refractivity contribution >= 4 is 17.8 Å². The van der Waals surface area contributed by atoms with Crippen molar-refractivity contribution in [3.05, 3.63) is 16.6 Å². The van der Waals surface area contributed by atoms with Crippen molar-refractivity contribution < 1.29 is 4.79 Å². The Morgan fingerprint density at radius 3 is 2.70 bits per heavy atom. The van der Waals surface area contributed by atoms with E-state index < -0.39 is 0 Å². The van der Waals surface area contributed by atoms with E-state index in [0.717, 1.165) is 6.29 Å². The normalized spacial score (nSPS) is 10.3. The monoisotopic (exact) mass is 155 g/mol. The standard InChI is InChI=1S/C7H9NOS/c1-5(2)7-3-6(4-9)8-10-7/h3-5H,1-2H3. The Bertz CT molecular complexity index is 229. The number of nitrogens with zero attached hydrogens (tertiary/aromatic N) is 1. The molecule has 0 aliphatic carbocycles. The second kappa shape index (κ2) is 2.92. The third-order valence-electron chi connectivity index (χ3n) is 1.24. The molecule has 54 valence electrons. The number of hydrogen-bond donors (Lipinski definition) is 0. The fourth-order valence-electron chi connectivity index (χ4n) is 0.631. The topological polar surface area (TPSA) is 30.0 Å². The van der Waals surface area contributed by atoms with Gasteiger partial charge in [0.1, 0.15) is 5.69 Å². The van der Waals surface area contributed by atoms with E-state index in [0.29, 0.717) is 11.6 Å². The van der Waals surface area contributed by atoms with Crippen LogP contribution in [0.4, 0.5) is 0 Å². The van der Waals surface area contributed by atoms with Crippen LogP contribution in [0.2, 0.25) is 0 Å². The van der Waals surface area contributed by atoms with E-state index in [9.17, 15) is 4.79 Å². The van der Waals surface area contributed by atoms with Crippen LogP contribution in [0.5, 0.6) is 0 Å². The molecule has 0 amide bonds. The van der Waals surface area contributed by atoms with E-state index in [1.54, 1.807) is 0 Å². The molecular formula is C7H9NOS. The Kier molecular flexibility index (Phi) is 2.17. The molecule has 0 unspecified atom stereocenters. The lowest BCUT2D eigenvalue weighted by Gasteiger charge is -1.94. The number of carbonyl (C=O) groups is 1. The van der Waals surface area contributed by atoms with Gasteiger partial charge in [-0.15, -0.1) is 0 Å². The minimum atomic E-state index is 0.478. The Morgan fingerprint density at radius 2 is 2.40 bits per heavy atom. The van der Waals surface area contributed by atoms with E-state index in [1.807, 2.05) is 6.07 Å². The van der Waals surface area contributed by atoms with Crippen LogP contribution in [-0.4, -0.2) is 10.7 Å². The molecular weight excluding hydrogens is 146 g/mol. The minimum Gasteiger partial charge on any atom is -0.296 e. The third-order valence-corrected chi connectivity index (χ3v) is 2.34. The Balaban J connectivity index is 2.88. The van der Waals surface area contributed by atoms with Crippen molar-refractivity contribution in [2.45, 2.75) is 19.8 Å². The summed E-state index contributed by atoms with van der Waals surface area (Å²) < 4.78 is 3.93. The largest absolute Gasteiger partial charge is 0.296 e. The molecule has 1 heterocycles. The molecule has 1 aromatic rings. The van der Waals surface area contributed by atoms with Gasteiger partial charge in [-0.25, -0.2) is 0 Å². The van der Waals surface area contributed by atoms with E-state index in [1.165, 1.54) is 16.4 Å². The zero-order valence-electron chi connectivity index (χ0n) is 6.00. The zero-order valence-corrected chi connectivity index (χ0v) is 6.81. The van der Waals surface area contributed by atoms with Crippen molar-refractivity contribution in [2.75, 3.05) is 0 Å². The lowest BCUT2D eigenvalue weighted by molar-refractivity contribution is 0.112. The maximum Gasteiger partial charge on any atom is 0.169 e. The summed E-state index contributed by atoms with van der Waals surface area (Å²) >= 11 is 1.40. The summed E-state index contributed by atoms with van der Waals surface area (Å²) in [5.41, 5.74) is 0.550. The van der Waals surface area contributed by atoms with Crippen LogP contribution in [-0.2, 0) is 0 Å². The highest BCUT2D eigenvalue weighted by Gasteiger charge is 2.03. The first-order valence-electron chi connectivity index (χ1n) is 3.16. The summed E-state index contributed by atoms with van der Waals surface area (Å²) in [4.78, 5) is 11.4. The molecule has 0 saturated heterocycles. The molecule has 0 radical (unpaired) electrons. The minimum absolute atomic E-state index is 0.478. The van der Waals surface area contributed by atoms with E-state index in [2.05, 4.69) is 18.2 Å². The van der Waals surface area contributed by atoms with Crippen LogP contribution in [0.3, 0.4) is 0 Å². The van der Waals surface area contributed by atoms with Gasteiger partial charge in [0.25, 0.3) is 0 Å². The predicted molar refractivity (Wildman–Crippen MR) is 41.6 cm³/mol. The molecule has 0 bridgehead atoms. The maximum absolute atomic E-state index is 10.2. The summed E-state index contributed by atoms with van der Waals surface area (Å²) in [6.45, 7) is 4.17. The molecule has 2 nitrogen and oxygen atoms in total. The Morgan fingerprint density at radius 1 is 1.70 bits per heavy atom. The van der Waals surface area contributed by atoms with Gasteiger partial charge in [-0.05, 0) is 23.5 Å². The molecule has 0 aliphatic rings. The SMILES string of the molecule is CC(C)c1cc(C=O)ns1.